The van der Waals surface area contributed by atoms with E-state index in [-0.39, 0.29) is 5.92 Å². The molecular weight excluding hydrogens is 390 g/mol. The average Bonchev–Trinajstić information content (AvgIpc) is 2.80. The lowest BCUT2D eigenvalue weighted by atomic mass is 9.86. The number of benzene rings is 3. The third-order valence-corrected chi connectivity index (χ3v) is 5.70. The van der Waals surface area contributed by atoms with E-state index in [0.717, 1.165) is 44.0 Å². The molecule has 1 aromatic heterocycles. The number of rotatable bonds is 3. The standard InChI is InChI=1S/C26H18ClN3/c27-20-12-9-18(10-13-20)16-30-17-23(22(15-28)21-6-2-4-8-26(21)30)25-14-11-19-5-1-3-7-24(19)29-25/h1-14,17,22H,16H2. The van der Waals surface area contributed by atoms with Crippen LogP contribution in [0.1, 0.15) is 22.7 Å². The van der Waals surface area contributed by atoms with Crippen molar-refractivity contribution in [3.05, 3.63) is 113 Å². The number of fused-ring (bicyclic) bond motifs is 2. The molecule has 0 aliphatic carbocycles. The van der Waals surface area contributed by atoms with Crippen LogP contribution in [0.5, 0.6) is 0 Å². The summed E-state index contributed by atoms with van der Waals surface area (Å²) in [6.45, 7) is 0.684. The number of hydrogen-bond acceptors (Lipinski definition) is 3. The first-order chi connectivity index (χ1) is 14.7. The highest BCUT2D eigenvalue weighted by molar-refractivity contribution is 6.30. The SMILES string of the molecule is N#CC1C(c2ccc3ccccc3n2)=CN(Cc2ccc(Cl)cc2)c2ccccc21. The van der Waals surface area contributed by atoms with Gasteiger partial charge in [0.1, 0.15) is 5.92 Å². The van der Waals surface area contributed by atoms with E-state index >= 15 is 0 Å². The van der Waals surface area contributed by atoms with Crippen LogP contribution in [-0.2, 0) is 6.54 Å². The van der Waals surface area contributed by atoms with Crippen molar-refractivity contribution in [2.24, 2.45) is 0 Å². The Morgan fingerprint density at radius 1 is 0.900 bits per heavy atom. The van der Waals surface area contributed by atoms with Crippen LogP contribution < -0.4 is 4.90 Å². The first-order valence-electron chi connectivity index (χ1n) is 9.80. The fourth-order valence-corrected chi connectivity index (χ4v) is 4.10. The third kappa shape index (κ3) is 3.32. The third-order valence-electron chi connectivity index (χ3n) is 5.45. The lowest BCUT2D eigenvalue weighted by Gasteiger charge is -2.32. The Labute approximate surface area is 180 Å². The van der Waals surface area contributed by atoms with Crippen molar-refractivity contribution in [1.82, 2.24) is 4.98 Å². The van der Waals surface area contributed by atoms with Crippen LogP contribution in [-0.4, -0.2) is 4.98 Å². The number of anilines is 1. The van der Waals surface area contributed by atoms with Crippen LogP contribution in [0.15, 0.2) is 91.1 Å². The van der Waals surface area contributed by atoms with Gasteiger partial charge in [0.15, 0.2) is 0 Å². The summed E-state index contributed by atoms with van der Waals surface area (Å²) in [4.78, 5) is 7.05. The van der Waals surface area contributed by atoms with Crippen molar-refractivity contribution >= 4 is 33.8 Å². The highest BCUT2D eigenvalue weighted by Gasteiger charge is 2.28. The molecule has 1 atom stereocenters. The van der Waals surface area contributed by atoms with E-state index in [1.165, 1.54) is 0 Å². The molecule has 0 N–H and O–H groups in total. The normalized spacial score (nSPS) is 15.4. The quantitative estimate of drug-likeness (QED) is 0.386. The van der Waals surface area contributed by atoms with Crippen molar-refractivity contribution in [1.29, 1.82) is 5.26 Å². The number of pyridine rings is 1. The van der Waals surface area contributed by atoms with Crippen LogP contribution in [0.25, 0.3) is 16.5 Å². The topological polar surface area (TPSA) is 39.9 Å². The van der Waals surface area contributed by atoms with Gasteiger partial charge in [0.05, 0.1) is 17.3 Å². The Morgan fingerprint density at radius 2 is 1.67 bits per heavy atom. The summed E-state index contributed by atoms with van der Waals surface area (Å²) in [6.07, 6.45) is 2.07. The Kier molecular flexibility index (Phi) is 4.71. The van der Waals surface area contributed by atoms with E-state index in [4.69, 9.17) is 16.6 Å². The molecule has 5 rings (SSSR count). The van der Waals surface area contributed by atoms with Gasteiger partial charge in [0, 0.05) is 34.4 Å². The molecule has 144 valence electrons. The summed E-state index contributed by atoms with van der Waals surface area (Å²) in [5, 5.41) is 11.8. The smallest absolute Gasteiger partial charge is 0.102 e. The lowest BCUT2D eigenvalue weighted by Crippen LogP contribution is -2.23. The predicted molar refractivity (Wildman–Crippen MR) is 122 cm³/mol. The summed E-state index contributed by atoms with van der Waals surface area (Å²) in [5.74, 6) is -0.365. The zero-order valence-electron chi connectivity index (χ0n) is 16.2. The molecule has 1 unspecified atom stereocenters. The Hall–Kier alpha value is -3.61. The van der Waals surface area contributed by atoms with E-state index in [9.17, 15) is 5.26 Å². The fraction of sp³-hybridized carbons (Fsp3) is 0.0769. The minimum Gasteiger partial charge on any atom is -0.343 e. The Balaban J connectivity index is 1.63. The summed E-state index contributed by atoms with van der Waals surface area (Å²) in [7, 11) is 0. The molecule has 0 amide bonds. The van der Waals surface area contributed by atoms with Crippen LogP contribution in [0.2, 0.25) is 5.02 Å². The molecule has 4 heteroatoms. The van der Waals surface area contributed by atoms with Crippen molar-refractivity contribution in [3.63, 3.8) is 0 Å². The Morgan fingerprint density at radius 3 is 2.50 bits per heavy atom. The van der Waals surface area contributed by atoms with Crippen LogP contribution in [0.3, 0.4) is 0 Å². The van der Waals surface area contributed by atoms with Crippen molar-refractivity contribution in [2.45, 2.75) is 12.5 Å². The zero-order chi connectivity index (χ0) is 20.5. The van der Waals surface area contributed by atoms with Crippen LogP contribution in [0.4, 0.5) is 5.69 Å². The molecular formula is C26H18ClN3. The highest BCUT2D eigenvalue weighted by Crippen LogP contribution is 2.42. The fourth-order valence-electron chi connectivity index (χ4n) is 3.97. The largest absolute Gasteiger partial charge is 0.343 e. The van der Waals surface area contributed by atoms with Gasteiger partial charge < -0.3 is 4.90 Å². The monoisotopic (exact) mass is 407 g/mol. The summed E-state index contributed by atoms with van der Waals surface area (Å²) >= 11 is 6.05. The van der Waals surface area contributed by atoms with E-state index in [1.807, 2.05) is 72.8 Å². The van der Waals surface area contributed by atoms with E-state index < -0.39 is 0 Å². The summed E-state index contributed by atoms with van der Waals surface area (Å²) in [5.41, 5.74) is 5.86. The first kappa shape index (κ1) is 18.4. The number of hydrogen-bond donors (Lipinski definition) is 0. The highest BCUT2D eigenvalue weighted by atomic mass is 35.5. The minimum absolute atomic E-state index is 0.365. The molecule has 2 heterocycles. The maximum atomic E-state index is 10.0. The number of nitriles is 1. The molecule has 0 fully saturated rings. The first-order valence-corrected chi connectivity index (χ1v) is 10.2. The van der Waals surface area contributed by atoms with Gasteiger partial charge in [-0.3, -0.25) is 0 Å². The maximum Gasteiger partial charge on any atom is 0.102 e. The van der Waals surface area contributed by atoms with Gasteiger partial charge in [-0.2, -0.15) is 5.26 Å². The van der Waals surface area contributed by atoms with E-state index in [0.29, 0.717) is 6.54 Å². The molecule has 1 aliphatic rings. The van der Waals surface area contributed by atoms with Gasteiger partial charge in [-0.05, 0) is 41.5 Å². The number of allylic oxidation sites excluding steroid dienone is 1. The molecule has 0 spiro atoms. The maximum absolute atomic E-state index is 10.0. The summed E-state index contributed by atoms with van der Waals surface area (Å²) < 4.78 is 0. The second-order valence-corrected chi connectivity index (χ2v) is 7.79. The summed E-state index contributed by atoms with van der Waals surface area (Å²) in [6, 6.07) is 30.6. The average molecular weight is 408 g/mol. The van der Waals surface area contributed by atoms with Gasteiger partial charge >= 0.3 is 0 Å². The molecule has 3 nitrogen and oxygen atoms in total. The van der Waals surface area contributed by atoms with E-state index in [2.05, 4.69) is 29.3 Å². The minimum atomic E-state index is -0.365. The molecule has 1 aliphatic heterocycles. The Bertz CT molecular complexity index is 1300. The molecule has 3 aromatic carbocycles. The lowest BCUT2D eigenvalue weighted by molar-refractivity contribution is 0.916. The predicted octanol–water partition coefficient (Wildman–Crippen LogP) is 6.56. The van der Waals surface area contributed by atoms with E-state index in [1.54, 1.807) is 0 Å². The number of halogens is 1. The van der Waals surface area contributed by atoms with Crippen molar-refractivity contribution in [3.8, 4) is 6.07 Å². The molecule has 4 aromatic rings. The second kappa shape index (κ2) is 7.67. The van der Waals surface area contributed by atoms with Gasteiger partial charge in [-0.25, -0.2) is 4.98 Å². The van der Waals surface area contributed by atoms with Crippen molar-refractivity contribution < 1.29 is 0 Å². The molecule has 0 radical (unpaired) electrons. The van der Waals surface area contributed by atoms with Gasteiger partial charge in [0.2, 0.25) is 0 Å². The number of aromatic nitrogens is 1. The molecule has 30 heavy (non-hydrogen) atoms. The zero-order valence-corrected chi connectivity index (χ0v) is 16.9. The second-order valence-electron chi connectivity index (χ2n) is 7.35. The molecule has 0 bridgehead atoms. The van der Waals surface area contributed by atoms with Crippen molar-refractivity contribution in [2.75, 3.05) is 4.90 Å². The number of para-hydroxylation sites is 2. The van der Waals surface area contributed by atoms with Gasteiger partial charge in [-0.15, -0.1) is 0 Å². The molecule has 0 saturated carbocycles. The van der Waals surface area contributed by atoms with Crippen LogP contribution in [0, 0.1) is 11.3 Å². The van der Waals surface area contributed by atoms with Crippen LogP contribution >= 0.6 is 11.6 Å². The number of nitrogens with zero attached hydrogens (tertiary/aromatic N) is 3. The molecule has 0 saturated heterocycles. The van der Waals surface area contributed by atoms with Gasteiger partial charge in [-0.1, -0.05) is 66.2 Å². The van der Waals surface area contributed by atoms with Gasteiger partial charge in [0.25, 0.3) is 0 Å².